The van der Waals surface area contributed by atoms with Crippen molar-refractivity contribution < 1.29 is 4.79 Å². The van der Waals surface area contributed by atoms with E-state index in [2.05, 4.69) is 10.1 Å². The average Bonchev–Trinajstić information content (AvgIpc) is 2.48. The van der Waals surface area contributed by atoms with Crippen molar-refractivity contribution in [3.8, 4) is 5.69 Å². The van der Waals surface area contributed by atoms with E-state index < -0.39 is 0 Å². The second-order valence-corrected chi connectivity index (χ2v) is 4.05. The molecule has 1 aromatic carbocycles. The van der Waals surface area contributed by atoms with Crippen molar-refractivity contribution in [3.63, 3.8) is 0 Å². The van der Waals surface area contributed by atoms with Gasteiger partial charge in [-0.3, -0.25) is 4.79 Å². The number of hydrogen-bond acceptors (Lipinski definition) is 2. The van der Waals surface area contributed by atoms with Crippen LogP contribution >= 0.6 is 0 Å². The summed E-state index contributed by atoms with van der Waals surface area (Å²) < 4.78 is 1.73. The lowest BCUT2D eigenvalue weighted by Gasteiger charge is -2.03. The predicted molar refractivity (Wildman–Crippen MR) is 73.6 cm³/mol. The number of benzene rings is 1. The molecule has 0 saturated carbocycles. The van der Waals surface area contributed by atoms with E-state index in [9.17, 15) is 4.79 Å². The van der Waals surface area contributed by atoms with Crippen LogP contribution in [0, 0.1) is 0 Å². The van der Waals surface area contributed by atoms with Crippen LogP contribution in [0.15, 0.2) is 65.4 Å². The molecule has 0 saturated heterocycles. The number of rotatable bonds is 2. The molecule has 0 spiro atoms. The Morgan fingerprint density at radius 1 is 1.26 bits per heavy atom. The van der Waals surface area contributed by atoms with Gasteiger partial charge in [0.15, 0.2) is 0 Å². The highest BCUT2D eigenvalue weighted by Gasteiger charge is 1.99. The standard InChI is InChI=1S/C15H15N3O/c1-3-12(2)15(19)17-13-9-10-18(16-11-13)14-7-5-4-6-8-14/h3-11H,1-2H3/b12-3+,17-13-. The lowest BCUT2D eigenvalue weighted by molar-refractivity contribution is -0.114. The van der Waals surface area contributed by atoms with E-state index in [0.29, 0.717) is 10.9 Å². The summed E-state index contributed by atoms with van der Waals surface area (Å²) in [5.41, 5.74) is 1.59. The summed E-state index contributed by atoms with van der Waals surface area (Å²) in [6.07, 6.45) is 5.10. The minimum absolute atomic E-state index is 0.234. The summed E-state index contributed by atoms with van der Waals surface area (Å²) in [4.78, 5) is 15.6. The smallest absolute Gasteiger partial charge is 0.267 e. The van der Waals surface area contributed by atoms with Gasteiger partial charge in [0.1, 0.15) is 0 Å². The van der Waals surface area contributed by atoms with Gasteiger partial charge < -0.3 is 0 Å². The first-order chi connectivity index (χ1) is 9.20. The van der Waals surface area contributed by atoms with Crippen molar-refractivity contribution in [2.24, 2.45) is 4.99 Å². The maximum absolute atomic E-state index is 11.6. The highest BCUT2D eigenvalue weighted by Crippen LogP contribution is 2.02. The van der Waals surface area contributed by atoms with Gasteiger partial charge in [0.2, 0.25) is 0 Å². The van der Waals surface area contributed by atoms with Crippen LogP contribution in [0.1, 0.15) is 13.8 Å². The average molecular weight is 253 g/mol. The van der Waals surface area contributed by atoms with E-state index in [0.717, 1.165) is 5.69 Å². The molecule has 96 valence electrons. The fourth-order valence-corrected chi connectivity index (χ4v) is 1.48. The molecule has 0 aliphatic carbocycles. The van der Waals surface area contributed by atoms with Crippen molar-refractivity contribution in [1.29, 1.82) is 0 Å². The largest absolute Gasteiger partial charge is 0.272 e. The lowest BCUT2D eigenvalue weighted by Crippen LogP contribution is -2.11. The third-order valence-corrected chi connectivity index (χ3v) is 2.72. The number of hydrogen-bond donors (Lipinski definition) is 0. The number of carbonyl (C=O) groups excluding carboxylic acids is 1. The van der Waals surface area contributed by atoms with Crippen molar-refractivity contribution >= 4 is 5.91 Å². The van der Waals surface area contributed by atoms with Crippen LogP contribution < -0.4 is 5.36 Å². The molecule has 0 atom stereocenters. The second-order valence-electron chi connectivity index (χ2n) is 4.05. The molecule has 0 N–H and O–H groups in total. The van der Waals surface area contributed by atoms with E-state index in [1.165, 1.54) is 0 Å². The zero-order valence-electron chi connectivity index (χ0n) is 10.9. The quantitative estimate of drug-likeness (QED) is 0.771. The van der Waals surface area contributed by atoms with E-state index in [1.807, 2.05) is 37.3 Å². The molecule has 0 bridgehead atoms. The van der Waals surface area contributed by atoms with Gasteiger partial charge in [-0.1, -0.05) is 24.3 Å². The van der Waals surface area contributed by atoms with Crippen molar-refractivity contribution in [3.05, 3.63) is 65.8 Å². The molecule has 0 unspecified atom stereocenters. The van der Waals surface area contributed by atoms with Crippen LogP contribution in [0.3, 0.4) is 0 Å². The summed E-state index contributed by atoms with van der Waals surface area (Å²) in [5.74, 6) is -0.234. The fraction of sp³-hybridized carbons (Fsp3) is 0.133. The highest BCUT2D eigenvalue weighted by atomic mass is 16.1. The maximum Gasteiger partial charge on any atom is 0.272 e. The van der Waals surface area contributed by atoms with E-state index >= 15 is 0 Å². The second kappa shape index (κ2) is 5.91. The minimum atomic E-state index is -0.234. The van der Waals surface area contributed by atoms with Crippen LogP contribution in [0.25, 0.3) is 5.69 Å². The van der Waals surface area contributed by atoms with Crippen LogP contribution in [-0.2, 0) is 4.79 Å². The van der Waals surface area contributed by atoms with Crippen molar-refractivity contribution in [2.45, 2.75) is 13.8 Å². The topological polar surface area (TPSA) is 47.2 Å². The first kappa shape index (κ1) is 13.0. The SMILES string of the molecule is C/C=C(\C)C(=O)/N=c1/ccn(-c2ccccc2)nc1. The molecule has 1 aromatic heterocycles. The molecule has 0 aliphatic rings. The Hall–Kier alpha value is -2.49. The van der Waals surface area contributed by atoms with E-state index in [4.69, 9.17) is 0 Å². The number of allylic oxidation sites excluding steroid dienone is 1. The Balaban J connectivity index is 2.29. The maximum atomic E-state index is 11.6. The predicted octanol–water partition coefficient (Wildman–Crippen LogP) is 2.27. The molecule has 0 fully saturated rings. The highest BCUT2D eigenvalue weighted by molar-refractivity contribution is 5.93. The Labute approximate surface area is 111 Å². The Morgan fingerprint density at radius 3 is 2.58 bits per heavy atom. The molecule has 1 heterocycles. The monoisotopic (exact) mass is 253 g/mol. The van der Waals surface area contributed by atoms with Gasteiger partial charge in [-0.2, -0.15) is 5.10 Å². The van der Waals surface area contributed by atoms with Crippen molar-refractivity contribution in [1.82, 2.24) is 9.78 Å². The molecule has 2 rings (SSSR count). The molecular formula is C15H15N3O. The molecule has 4 heteroatoms. The number of carbonyl (C=O) groups is 1. The summed E-state index contributed by atoms with van der Waals surface area (Å²) in [5, 5.41) is 4.79. The van der Waals surface area contributed by atoms with Gasteiger partial charge in [0.05, 0.1) is 17.2 Å². The van der Waals surface area contributed by atoms with Gasteiger partial charge in [0, 0.05) is 11.8 Å². The van der Waals surface area contributed by atoms with Gasteiger partial charge in [0.25, 0.3) is 5.91 Å². The number of para-hydroxylation sites is 1. The molecule has 4 nitrogen and oxygen atoms in total. The summed E-state index contributed by atoms with van der Waals surface area (Å²) >= 11 is 0. The first-order valence-corrected chi connectivity index (χ1v) is 6.03. The molecule has 1 amide bonds. The Bertz CT molecular complexity index is 649. The molecular weight excluding hydrogens is 238 g/mol. The van der Waals surface area contributed by atoms with Gasteiger partial charge >= 0.3 is 0 Å². The van der Waals surface area contributed by atoms with Crippen LogP contribution in [-0.4, -0.2) is 15.7 Å². The third kappa shape index (κ3) is 3.25. The van der Waals surface area contributed by atoms with Gasteiger partial charge in [-0.05, 0) is 32.0 Å². The van der Waals surface area contributed by atoms with Gasteiger partial charge in [-0.25, -0.2) is 9.67 Å². The van der Waals surface area contributed by atoms with Crippen molar-refractivity contribution in [2.75, 3.05) is 0 Å². The summed E-state index contributed by atoms with van der Waals surface area (Å²) in [7, 11) is 0. The zero-order valence-corrected chi connectivity index (χ0v) is 10.9. The van der Waals surface area contributed by atoms with E-state index in [-0.39, 0.29) is 5.91 Å². The van der Waals surface area contributed by atoms with E-state index in [1.54, 1.807) is 36.1 Å². The normalized spacial score (nSPS) is 12.5. The molecule has 19 heavy (non-hydrogen) atoms. The van der Waals surface area contributed by atoms with Crippen LogP contribution in [0.4, 0.5) is 0 Å². The number of aromatic nitrogens is 2. The Kier molecular flexibility index (Phi) is 4.03. The summed E-state index contributed by atoms with van der Waals surface area (Å²) in [6, 6.07) is 11.5. The Morgan fingerprint density at radius 2 is 2.00 bits per heavy atom. The molecule has 2 aromatic rings. The number of nitrogens with zero attached hydrogens (tertiary/aromatic N) is 3. The number of amides is 1. The van der Waals surface area contributed by atoms with Gasteiger partial charge in [-0.15, -0.1) is 0 Å². The lowest BCUT2D eigenvalue weighted by atomic mass is 10.3. The molecule has 0 radical (unpaired) electrons. The zero-order chi connectivity index (χ0) is 13.7. The molecule has 0 aliphatic heterocycles. The van der Waals surface area contributed by atoms with Crippen LogP contribution in [0.2, 0.25) is 0 Å². The summed E-state index contributed by atoms with van der Waals surface area (Å²) in [6.45, 7) is 3.56. The van der Waals surface area contributed by atoms with Crippen LogP contribution in [0.5, 0.6) is 0 Å². The fourth-order valence-electron chi connectivity index (χ4n) is 1.48. The first-order valence-electron chi connectivity index (χ1n) is 6.03. The third-order valence-electron chi connectivity index (χ3n) is 2.72. The minimum Gasteiger partial charge on any atom is -0.267 e.